The maximum absolute atomic E-state index is 10.4. The van der Waals surface area contributed by atoms with Gasteiger partial charge in [-0.1, -0.05) is 0 Å². The molecule has 0 rings (SSSR count). The molecule has 0 heterocycles. The largest absolute Gasteiger partial charge is 0.870 e. The van der Waals surface area contributed by atoms with Gasteiger partial charge in [0.05, 0.1) is 27.3 Å². The van der Waals surface area contributed by atoms with E-state index in [-0.39, 0.29) is 11.3 Å². The smallest absolute Gasteiger partial charge is 0.157 e. The maximum Gasteiger partial charge on any atom is 0.157 e. The molecule has 0 aromatic heterocycles. The number of hydrogen-bond acceptors (Lipinski definition) is 2. The predicted molar refractivity (Wildman–Crippen MR) is 39.8 cm³/mol. The van der Waals surface area contributed by atoms with Crippen LogP contribution in [-0.2, 0) is 4.79 Å². The van der Waals surface area contributed by atoms with E-state index in [1.807, 2.05) is 27.3 Å². The van der Waals surface area contributed by atoms with Crippen LogP contribution in [0.4, 0.5) is 0 Å². The summed E-state index contributed by atoms with van der Waals surface area (Å²) in [5.74, 6) is 0.100. The van der Waals surface area contributed by atoms with E-state index in [2.05, 4.69) is 0 Å². The lowest BCUT2D eigenvalue weighted by Crippen LogP contribution is -2.26. The Bertz CT molecular complexity index is 133. The molecule has 0 fully saturated rings. The van der Waals surface area contributed by atoms with Crippen molar-refractivity contribution in [2.45, 2.75) is 6.92 Å². The van der Waals surface area contributed by atoms with Crippen LogP contribution >= 0.6 is 0 Å². The highest BCUT2D eigenvalue weighted by atomic mass is 16.1. The van der Waals surface area contributed by atoms with Crippen LogP contribution in [0, 0.1) is 0 Å². The van der Waals surface area contributed by atoms with Gasteiger partial charge in [0, 0.05) is 6.08 Å². The minimum absolute atomic E-state index is 0. The second kappa shape index (κ2) is 4.19. The number of nitrogens with zero attached hydrogens (tertiary/aromatic N) is 1. The van der Waals surface area contributed by atoms with Crippen molar-refractivity contribution in [2.75, 3.05) is 21.1 Å². The van der Waals surface area contributed by atoms with E-state index in [1.165, 1.54) is 0 Å². The first-order valence-corrected chi connectivity index (χ1v) is 2.93. The Hall–Kier alpha value is -0.670. The highest BCUT2D eigenvalue weighted by Gasteiger charge is 1.99. The second-order valence-corrected chi connectivity index (χ2v) is 3.04. The van der Waals surface area contributed by atoms with Crippen LogP contribution in [-0.4, -0.2) is 36.9 Å². The van der Waals surface area contributed by atoms with Crippen LogP contribution in [0.2, 0.25) is 0 Å². The van der Waals surface area contributed by atoms with Crippen molar-refractivity contribution in [3.05, 3.63) is 12.3 Å². The van der Waals surface area contributed by atoms with E-state index in [0.29, 0.717) is 4.48 Å². The van der Waals surface area contributed by atoms with Gasteiger partial charge in [0.15, 0.2) is 5.78 Å². The summed E-state index contributed by atoms with van der Waals surface area (Å²) in [5.41, 5.74) is 0. The third kappa shape index (κ3) is 10.3. The molecular formula is C7H15NO2. The normalized spacial score (nSPS) is 11.2. The fourth-order valence-electron chi connectivity index (χ4n) is 0.329. The number of rotatable bonds is 2. The minimum atomic E-state index is 0. The standard InChI is InChI=1S/C7H14NO.H2O/c1-7(9)5-6-8(2,3)4;/h5-6H,1-4H3;1H2/q+1;/p-1. The zero-order chi connectivity index (χ0) is 7.49. The first kappa shape index (κ1) is 12.0. The number of quaternary nitrogens is 1. The number of allylic oxidation sites excluding steroid dienone is 1. The van der Waals surface area contributed by atoms with Crippen molar-refractivity contribution in [2.24, 2.45) is 0 Å². The zero-order valence-corrected chi connectivity index (χ0v) is 6.96. The number of carbonyl (C=O) groups is 1. The van der Waals surface area contributed by atoms with Crippen molar-refractivity contribution in [1.82, 2.24) is 0 Å². The summed E-state index contributed by atoms with van der Waals surface area (Å²) >= 11 is 0. The zero-order valence-electron chi connectivity index (χ0n) is 6.96. The molecule has 0 spiro atoms. The lowest BCUT2D eigenvalue weighted by molar-refractivity contribution is -0.817. The average Bonchev–Trinajstić information content (AvgIpc) is 1.59. The molecule has 0 aliphatic heterocycles. The molecule has 0 saturated carbocycles. The Balaban J connectivity index is 0. The molecule has 0 radical (unpaired) electrons. The summed E-state index contributed by atoms with van der Waals surface area (Å²) in [7, 11) is 6.00. The van der Waals surface area contributed by atoms with Crippen molar-refractivity contribution in [3.63, 3.8) is 0 Å². The average molecular weight is 145 g/mol. The third-order valence-corrected chi connectivity index (χ3v) is 0.756. The third-order valence-electron chi connectivity index (χ3n) is 0.756. The van der Waals surface area contributed by atoms with Crippen LogP contribution in [0.5, 0.6) is 0 Å². The summed E-state index contributed by atoms with van der Waals surface area (Å²) in [4.78, 5) is 10.4. The molecule has 0 bridgehead atoms. The monoisotopic (exact) mass is 145 g/mol. The SMILES string of the molecule is CC(=O)C=C[N+](C)(C)C.[OH-]. The van der Waals surface area contributed by atoms with Crippen molar-refractivity contribution < 1.29 is 14.8 Å². The molecule has 0 amide bonds. The van der Waals surface area contributed by atoms with E-state index < -0.39 is 0 Å². The van der Waals surface area contributed by atoms with Gasteiger partial charge in [-0.15, -0.1) is 0 Å². The van der Waals surface area contributed by atoms with E-state index in [1.54, 1.807) is 13.0 Å². The van der Waals surface area contributed by atoms with Gasteiger partial charge in [0.2, 0.25) is 0 Å². The Morgan fingerprint density at radius 1 is 1.30 bits per heavy atom. The number of carbonyl (C=O) groups excluding carboxylic acids is 1. The molecule has 0 atom stereocenters. The van der Waals surface area contributed by atoms with E-state index in [9.17, 15) is 4.79 Å². The van der Waals surface area contributed by atoms with Gasteiger partial charge < -0.3 is 9.96 Å². The van der Waals surface area contributed by atoms with Crippen LogP contribution in [0.15, 0.2) is 12.3 Å². The van der Waals surface area contributed by atoms with Crippen LogP contribution in [0.1, 0.15) is 6.92 Å². The molecule has 0 aliphatic carbocycles. The fraction of sp³-hybridized carbons (Fsp3) is 0.571. The van der Waals surface area contributed by atoms with Crippen molar-refractivity contribution >= 4 is 5.78 Å². The molecule has 3 nitrogen and oxygen atoms in total. The summed E-state index contributed by atoms with van der Waals surface area (Å²) in [6, 6.07) is 0. The first-order valence-electron chi connectivity index (χ1n) is 2.93. The fourth-order valence-corrected chi connectivity index (χ4v) is 0.329. The van der Waals surface area contributed by atoms with Crippen molar-refractivity contribution in [3.8, 4) is 0 Å². The Labute approximate surface area is 61.9 Å². The molecule has 10 heavy (non-hydrogen) atoms. The van der Waals surface area contributed by atoms with Crippen LogP contribution in [0.25, 0.3) is 0 Å². The Morgan fingerprint density at radius 3 is 1.80 bits per heavy atom. The Morgan fingerprint density at radius 2 is 1.70 bits per heavy atom. The van der Waals surface area contributed by atoms with E-state index >= 15 is 0 Å². The molecule has 0 aromatic carbocycles. The van der Waals surface area contributed by atoms with Crippen LogP contribution < -0.4 is 0 Å². The number of ketones is 1. The molecule has 0 aromatic rings. The first-order chi connectivity index (χ1) is 3.92. The lowest BCUT2D eigenvalue weighted by Gasteiger charge is -2.16. The van der Waals surface area contributed by atoms with Gasteiger partial charge in [0.1, 0.15) is 0 Å². The second-order valence-electron chi connectivity index (χ2n) is 3.04. The van der Waals surface area contributed by atoms with E-state index in [4.69, 9.17) is 0 Å². The molecule has 3 heteroatoms. The van der Waals surface area contributed by atoms with Gasteiger partial charge in [-0.2, -0.15) is 0 Å². The highest BCUT2D eigenvalue weighted by Crippen LogP contribution is 1.90. The molecule has 1 N–H and O–H groups in total. The molecular weight excluding hydrogens is 130 g/mol. The highest BCUT2D eigenvalue weighted by molar-refractivity contribution is 5.86. The molecule has 0 aliphatic rings. The summed E-state index contributed by atoms with van der Waals surface area (Å²) in [5, 5.41) is 0. The number of hydrogen-bond donors (Lipinski definition) is 0. The van der Waals surface area contributed by atoms with E-state index in [0.717, 1.165) is 0 Å². The summed E-state index contributed by atoms with van der Waals surface area (Å²) in [6.45, 7) is 1.55. The molecule has 0 unspecified atom stereocenters. The summed E-state index contributed by atoms with van der Waals surface area (Å²) < 4.78 is 0.694. The summed E-state index contributed by atoms with van der Waals surface area (Å²) in [6.07, 6.45) is 3.43. The molecule has 0 saturated heterocycles. The lowest BCUT2D eigenvalue weighted by atomic mass is 10.4. The van der Waals surface area contributed by atoms with Gasteiger partial charge in [0.25, 0.3) is 0 Å². The quantitative estimate of drug-likeness (QED) is 0.422. The van der Waals surface area contributed by atoms with Crippen molar-refractivity contribution in [1.29, 1.82) is 0 Å². The van der Waals surface area contributed by atoms with Gasteiger partial charge in [-0.3, -0.25) is 4.79 Å². The van der Waals surface area contributed by atoms with Crippen LogP contribution in [0.3, 0.4) is 0 Å². The minimum Gasteiger partial charge on any atom is -0.870 e. The van der Waals surface area contributed by atoms with Gasteiger partial charge >= 0.3 is 0 Å². The van der Waals surface area contributed by atoms with Gasteiger partial charge in [-0.25, -0.2) is 0 Å². The predicted octanol–water partition coefficient (Wildman–Crippen LogP) is 0.618. The molecule has 60 valence electrons. The Kier molecular flexibility index (Phi) is 5.05. The maximum atomic E-state index is 10.4. The topological polar surface area (TPSA) is 47.1 Å². The van der Waals surface area contributed by atoms with Gasteiger partial charge in [-0.05, 0) is 6.92 Å².